The van der Waals surface area contributed by atoms with Crippen LogP contribution in [0.25, 0.3) is 17.0 Å². The number of esters is 2. The maximum absolute atomic E-state index is 12.1. The normalized spacial score (nSPS) is 10.8. The lowest BCUT2D eigenvalue weighted by Crippen LogP contribution is -2.12. The number of hydrogen-bond acceptors (Lipinski definition) is 7. The SMILES string of the molecule is CCOC(=O)c1cnn2c(C(=O)OC)cc(-c3ccn(CC)n3)nc12. The molecule has 9 heteroatoms. The Morgan fingerprint density at radius 2 is 2.00 bits per heavy atom. The third-order valence-electron chi connectivity index (χ3n) is 3.59. The molecule has 0 spiro atoms. The lowest BCUT2D eigenvalue weighted by Gasteiger charge is -2.06. The largest absolute Gasteiger partial charge is 0.464 e. The van der Waals surface area contributed by atoms with Crippen molar-refractivity contribution in [2.75, 3.05) is 13.7 Å². The highest BCUT2D eigenvalue weighted by molar-refractivity contribution is 5.97. The van der Waals surface area contributed by atoms with Crippen LogP contribution < -0.4 is 0 Å². The van der Waals surface area contributed by atoms with E-state index in [1.807, 2.05) is 13.1 Å². The van der Waals surface area contributed by atoms with E-state index in [0.717, 1.165) is 0 Å². The Bertz CT molecular complexity index is 943. The molecule has 3 heterocycles. The predicted molar refractivity (Wildman–Crippen MR) is 87.2 cm³/mol. The van der Waals surface area contributed by atoms with E-state index in [0.29, 0.717) is 17.9 Å². The monoisotopic (exact) mass is 343 g/mol. The van der Waals surface area contributed by atoms with Crippen molar-refractivity contribution >= 4 is 17.6 Å². The van der Waals surface area contributed by atoms with E-state index < -0.39 is 11.9 Å². The maximum Gasteiger partial charge on any atom is 0.356 e. The van der Waals surface area contributed by atoms with Gasteiger partial charge in [-0.25, -0.2) is 19.1 Å². The highest BCUT2D eigenvalue weighted by atomic mass is 16.5. The number of ether oxygens (including phenoxy) is 2. The van der Waals surface area contributed by atoms with Gasteiger partial charge < -0.3 is 9.47 Å². The lowest BCUT2D eigenvalue weighted by atomic mass is 10.2. The van der Waals surface area contributed by atoms with Crippen LogP contribution in [0.2, 0.25) is 0 Å². The van der Waals surface area contributed by atoms with Crippen molar-refractivity contribution in [3.63, 3.8) is 0 Å². The Balaban J connectivity index is 2.22. The average molecular weight is 343 g/mol. The Labute approximate surface area is 143 Å². The minimum atomic E-state index is -0.595. The molecule has 0 aliphatic carbocycles. The minimum absolute atomic E-state index is 0.143. The zero-order chi connectivity index (χ0) is 18.0. The van der Waals surface area contributed by atoms with Crippen LogP contribution in [0.3, 0.4) is 0 Å². The number of nitrogens with zero attached hydrogens (tertiary/aromatic N) is 5. The van der Waals surface area contributed by atoms with Crippen molar-refractivity contribution in [2.24, 2.45) is 0 Å². The first-order chi connectivity index (χ1) is 12.1. The molecule has 0 aromatic carbocycles. The summed E-state index contributed by atoms with van der Waals surface area (Å²) in [4.78, 5) is 28.7. The summed E-state index contributed by atoms with van der Waals surface area (Å²) in [5, 5.41) is 8.46. The van der Waals surface area contributed by atoms with Gasteiger partial charge in [0.1, 0.15) is 11.3 Å². The van der Waals surface area contributed by atoms with Gasteiger partial charge in [0.05, 0.1) is 25.6 Å². The number of fused-ring (bicyclic) bond motifs is 1. The number of rotatable bonds is 5. The van der Waals surface area contributed by atoms with E-state index in [-0.39, 0.29) is 23.5 Å². The second-order valence-corrected chi connectivity index (χ2v) is 5.09. The molecule has 130 valence electrons. The molecular weight excluding hydrogens is 326 g/mol. The molecule has 9 nitrogen and oxygen atoms in total. The fourth-order valence-corrected chi connectivity index (χ4v) is 2.37. The number of hydrogen-bond donors (Lipinski definition) is 0. The molecule has 3 rings (SSSR count). The van der Waals surface area contributed by atoms with Gasteiger partial charge in [0.25, 0.3) is 0 Å². The van der Waals surface area contributed by atoms with Crippen molar-refractivity contribution in [3.8, 4) is 11.4 Å². The second kappa shape index (κ2) is 6.71. The number of carbonyl (C=O) groups excluding carboxylic acids is 2. The summed E-state index contributed by atoms with van der Waals surface area (Å²) in [6, 6.07) is 3.31. The highest BCUT2D eigenvalue weighted by Gasteiger charge is 2.22. The van der Waals surface area contributed by atoms with Crippen molar-refractivity contribution in [1.29, 1.82) is 0 Å². The third-order valence-corrected chi connectivity index (χ3v) is 3.59. The van der Waals surface area contributed by atoms with Gasteiger partial charge >= 0.3 is 11.9 Å². The number of methoxy groups -OCH3 is 1. The summed E-state index contributed by atoms with van der Waals surface area (Å²) in [6.07, 6.45) is 3.13. The smallest absolute Gasteiger partial charge is 0.356 e. The van der Waals surface area contributed by atoms with Crippen LogP contribution in [0.4, 0.5) is 0 Å². The maximum atomic E-state index is 12.1. The summed E-state index contributed by atoms with van der Waals surface area (Å²) in [6.45, 7) is 4.59. The van der Waals surface area contributed by atoms with Gasteiger partial charge in [-0.2, -0.15) is 10.2 Å². The quantitative estimate of drug-likeness (QED) is 0.648. The van der Waals surface area contributed by atoms with Crippen molar-refractivity contribution in [1.82, 2.24) is 24.4 Å². The zero-order valence-electron chi connectivity index (χ0n) is 14.1. The van der Waals surface area contributed by atoms with Crippen molar-refractivity contribution in [3.05, 3.63) is 35.8 Å². The Morgan fingerprint density at radius 1 is 1.20 bits per heavy atom. The molecular formula is C16H17N5O4. The summed E-state index contributed by atoms with van der Waals surface area (Å²) in [5.41, 5.74) is 1.53. The first-order valence-electron chi connectivity index (χ1n) is 7.77. The summed E-state index contributed by atoms with van der Waals surface area (Å²) in [5.74, 6) is -1.15. The highest BCUT2D eigenvalue weighted by Crippen LogP contribution is 2.21. The molecule has 0 amide bonds. The number of aryl methyl sites for hydroxylation is 1. The average Bonchev–Trinajstić information content (AvgIpc) is 3.27. The van der Waals surface area contributed by atoms with Crippen LogP contribution in [0.5, 0.6) is 0 Å². The van der Waals surface area contributed by atoms with Crippen LogP contribution in [0, 0.1) is 0 Å². The molecule has 0 saturated heterocycles. The molecule has 0 saturated carbocycles. The van der Waals surface area contributed by atoms with Crippen LogP contribution >= 0.6 is 0 Å². The fraction of sp³-hybridized carbons (Fsp3) is 0.312. The fourth-order valence-electron chi connectivity index (χ4n) is 2.37. The summed E-state index contributed by atoms with van der Waals surface area (Å²) >= 11 is 0. The van der Waals surface area contributed by atoms with E-state index in [9.17, 15) is 9.59 Å². The van der Waals surface area contributed by atoms with Gasteiger partial charge in [0.2, 0.25) is 0 Å². The molecule has 0 aliphatic heterocycles. The molecule has 0 unspecified atom stereocenters. The van der Waals surface area contributed by atoms with Gasteiger partial charge in [-0.15, -0.1) is 0 Å². The lowest BCUT2D eigenvalue weighted by molar-refractivity contribution is 0.0526. The molecule has 0 radical (unpaired) electrons. The molecule has 3 aromatic heterocycles. The van der Waals surface area contributed by atoms with E-state index >= 15 is 0 Å². The van der Waals surface area contributed by atoms with Crippen LogP contribution in [-0.2, 0) is 16.0 Å². The Morgan fingerprint density at radius 3 is 2.64 bits per heavy atom. The Hall–Kier alpha value is -3.23. The van der Waals surface area contributed by atoms with Crippen LogP contribution in [0.1, 0.15) is 34.7 Å². The first kappa shape index (κ1) is 16.6. The Kier molecular flexibility index (Phi) is 4.46. The number of carbonyl (C=O) groups is 2. The van der Waals surface area contributed by atoms with Crippen molar-refractivity contribution in [2.45, 2.75) is 20.4 Å². The van der Waals surface area contributed by atoms with Gasteiger partial charge in [-0.1, -0.05) is 0 Å². The van der Waals surface area contributed by atoms with Gasteiger partial charge in [-0.05, 0) is 26.0 Å². The standard InChI is InChI=1S/C16H17N5O4/c1-4-20-7-6-11(19-20)12-8-13(16(23)24-3)21-14(18-12)10(9-17-21)15(22)25-5-2/h6-9H,4-5H2,1-3H3. The van der Waals surface area contributed by atoms with Gasteiger partial charge in [0, 0.05) is 12.7 Å². The van der Waals surface area contributed by atoms with Crippen molar-refractivity contribution < 1.29 is 19.1 Å². The molecule has 0 N–H and O–H groups in total. The zero-order valence-corrected chi connectivity index (χ0v) is 14.1. The van der Waals surface area contributed by atoms with E-state index in [4.69, 9.17) is 9.47 Å². The summed E-state index contributed by atoms with van der Waals surface area (Å²) in [7, 11) is 1.27. The number of aromatic nitrogens is 5. The third kappa shape index (κ3) is 2.95. The van der Waals surface area contributed by atoms with Gasteiger partial charge in [-0.3, -0.25) is 4.68 Å². The molecule has 0 fully saturated rings. The molecule has 0 aliphatic rings. The second-order valence-electron chi connectivity index (χ2n) is 5.09. The van der Waals surface area contributed by atoms with E-state index in [1.54, 1.807) is 17.7 Å². The molecule has 3 aromatic rings. The van der Waals surface area contributed by atoms with Gasteiger partial charge in [0.15, 0.2) is 11.3 Å². The van der Waals surface area contributed by atoms with E-state index in [1.165, 1.54) is 23.9 Å². The summed E-state index contributed by atoms with van der Waals surface area (Å²) < 4.78 is 12.8. The van der Waals surface area contributed by atoms with E-state index in [2.05, 4.69) is 15.2 Å². The first-order valence-corrected chi connectivity index (χ1v) is 7.77. The minimum Gasteiger partial charge on any atom is -0.464 e. The molecule has 0 atom stereocenters. The van der Waals surface area contributed by atoms with Crippen LogP contribution in [-0.4, -0.2) is 50.0 Å². The predicted octanol–water partition coefficient (Wildman–Crippen LogP) is 1.58. The molecule has 25 heavy (non-hydrogen) atoms. The van der Waals surface area contributed by atoms with Crippen LogP contribution in [0.15, 0.2) is 24.5 Å². The molecule has 0 bridgehead atoms. The topological polar surface area (TPSA) is 101 Å².